The number of nitrogens with zero attached hydrogens (tertiary/aromatic N) is 1. The van der Waals surface area contributed by atoms with E-state index in [-0.39, 0.29) is 0 Å². The van der Waals surface area contributed by atoms with E-state index >= 15 is 0 Å². The van der Waals surface area contributed by atoms with Gasteiger partial charge in [0.2, 0.25) is 0 Å². The van der Waals surface area contributed by atoms with Gasteiger partial charge in [-0.15, -0.1) is 0 Å². The minimum absolute atomic E-state index is 0.450. The van der Waals surface area contributed by atoms with E-state index in [1.807, 2.05) is 0 Å². The monoisotopic (exact) mass is 214 g/mol. The van der Waals surface area contributed by atoms with Crippen LogP contribution < -0.4 is 5.73 Å². The van der Waals surface area contributed by atoms with Crippen LogP contribution in [0.3, 0.4) is 0 Å². The van der Waals surface area contributed by atoms with E-state index in [2.05, 4.69) is 30.5 Å². The van der Waals surface area contributed by atoms with Crippen LogP contribution in [0.25, 0.3) is 0 Å². The molecule has 0 saturated carbocycles. The van der Waals surface area contributed by atoms with Crippen molar-refractivity contribution in [2.24, 2.45) is 11.7 Å². The normalized spacial score (nSPS) is 45.6. The molecule has 3 heteroatoms. The highest BCUT2D eigenvalue weighted by Crippen LogP contribution is 2.31. The van der Waals surface area contributed by atoms with E-state index in [1.165, 1.54) is 30.9 Å². The molecule has 2 fully saturated rings. The van der Waals surface area contributed by atoms with Crippen LogP contribution in [0.15, 0.2) is 0 Å². The second-order valence-electron chi connectivity index (χ2n) is 4.95. The first-order valence-electron chi connectivity index (χ1n) is 5.77. The van der Waals surface area contributed by atoms with Crippen molar-refractivity contribution >= 4 is 11.8 Å². The number of likely N-dealkylation sites (tertiary alicyclic amines) is 1. The van der Waals surface area contributed by atoms with E-state index in [0.717, 1.165) is 12.0 Å². The first-order chi connectivity index (χ1) is 6.68. The Bertz CT molecular complexity index is 198. The number of hydrogen-bond donors (Lipinski definition) is 1. The van der Waals surface area contributed by atoms with E-state index < -0.39 is 0 Å². The average molecular weight is 214 g/mol. The van der Waals surface area contributed by atoms with Crippen LogP contribution in [0.1, 0.15) is 26.7 Å². The fourth-order valence-corrected chi connectivity index (χ4v) is 4.28. The van der Waals surface area contributed by atoms with Gasteiger partial charge in [0.05, 0.1) is 0 Å². The van der Waals surface area contributed by atoms with Crippen molar-refractivity contribution < 1.29 is 0 Å². The first-order valence-corrected chi connectivity index (χ1v) is 6.93. The summed E-state index contributed by atoms with van der Waals surface area (Å²) in [5, 5.41) is 0. The van der Waals surface area contributed by atoms with E-state index in [0.29, 0.717) is 12.1 Å². The van der Waals surface area contributed by atoms with E-state index in [1.54, 1.807) is 0 Å². The van der Waals surface area contributed by atoms with Crippen LogP contribution in [-0.2, 0) is 0 Å². The largest absolute Gasteiger partial charge is 0.328 e. The zero-order valence-corrected chi connectivity index (χ0v) is 10.1. The molecule has 2 nitrogen and oxygen atoms in total. The van der Waals surface area contributed by atoms with Gasteiger partial charge in [-0.05, 0) is 31.4 Å². The van der Waals surface area contributed by atoms with E-state index in [9.17, 15) is 0 Å². The average Bonchev–Trinajstić information content (AvgIpc) is 2.52. The van der Waals surface area contributed by atoms with Crippen LogP contribution >= 0.6 is 11.8 Å². The molecular formula is C11H22N2S. The lowest BCUT2D eigenvalue weighted by molar-refractivity contribution is 0.0879. The number of rotatable bonds is 1. The maximum atomic E-state index is 5.99. The van der Waals surface area contributed by atoms with Gasteiger partial charge in [-0.25, -0.2) is 0 Å². The Morgan fingerprint density at radius 3 is 2.64 bits per heavy atom. The van der Waals surface area contributed by atoms with Crippen LogP contribution in [0.5, 0.6) is 0 Å². The Kier molecular flexibility index (Phi) is 3.40. The van der Waals surface area contributed by atoms with Crippen LogP contribution in [0.2, 0.25) is 0 Å². The van der Waals surface area contributed by atoms with Gasteiger partial charge in [0, 0.05) is 30.4 Å². The quantitative estimate of drug-likeness (QED) is 0.718. The molecular weight excluding hydrogens is 192 g/mol. The van der Waals surface area contributed by atoms with Crippen molar-refractivity contribution in [3.05, 3.63) is 0 Å². The fourth-order valence-electron chi connectivity index (χ4n) is 2.79. The minimum atomic E-state index is 0.450. The van der Waals surface area contributed by atoms with Crippen molar-refractivity contribution in [3.63, 3.8) is 0 Å². The molecule has 2 aliphatic heterocycles. The summed E-state index contributed by atoms with van der Waals surface area (Å²) in [6.07, 6.45) is 2.38. The van der Waals surface area contributed by atoms with Gasteiger partial charge in [0.1, 0.15) is 0 Å². The summed E-state index contributed by atoms with van der Waals surface area (Å²) in [5.41, 5.74) is 5.99. The predicted octanol–water partition coefficient (Wildman–Crippen LogP) is 1.55. The highest BCUT2D eigenvalue weighted by molar-refractivity contribution is 7.99. The van der Waals surface area contributed by atoms with Gasteiger partial charge in [-0.1, -0.05) is 6.92 Å². The van der Waals surface area contributed by atoms with Crippen molar-refractivity contribution in [3.8, 4) is 0 Å². The summed E-state index contributed by atoms with van der Waals surface area (Å²) in [6.45, 7) is 5.96. The molecule has 0 radical (unpaired) electrons. The molecule has 4 atom stereocenters. The molecule has 2 rings (SSSR count). The van der Waals surface area contributed by atoms with Crippen molar-refractivity contribution in [1.82, 2.24) is 4.90 Å². The molecule has 4 unspecified atom stereocenters. The molecule has 0 aromatic heterocycles. The highest BCUT2D eigenvalue weighted by atomic mass is 32.2. The number of hydrogen-bond acceptors (Lipinski definition) is 3. The second kappa shape index (κ2) is 4.42. The molecule has 2 saturated heterocycles. The first kappa shape index (κ1) is 10.8. The molecule has 0 bridgehead atoms. The molecule has 0 spiro atoms. The molecule has 0 aromatic carbocycles. The topological polar surface area (TPSA) is 29.3 Å². The molecule has 0 aliphatic carbocycles. The summed E-state index contributed by atoms with van der Waals surface area (Å²) in [6, 6.07) is 1.97. The molecule has 2 N–H and O–H groups in total. The highest BCUT2D eigenvalue weighted by Gasteiger charge is 2.34. The molecule has 82 valence electrons. The zero-order valence-electron chi connectivity index (χ0n) is 9.28. The van der Waals surface area contributed by atoms with Gasteiger partial charge in [0.25, 0.3) is 0 Å². The molecule has 2 heterocycles. The maximum Gasteiger partial charge on any atom is 0.0222 e. The third-order valence-electron chi connectivity index (χ3n) is 3.72. The number of nitrogens with two attached hydrogens (primary N) is 1. The Balaban J connectivity index is 1.96. The standard InChI is InChI=1S/C11H22N2S/c1-8-6-14-7-11(8)13-4-3-10(12)5-9(13)2/h8-11H,3-7,12H2,1-2H3. The SMILES string of the molecule is CC1CSCC1N1CCC(N)CC1C. The zero-order chi connectivity index (χ0) is 10.1. The van der Waals surface area contributed by atoms with Crippen molar-refractivity contribution in [2.45, 2.75) is 44.8 Å². The van der Waals surface area contributed by atoms with Gasteiger partial charge >= 0.3 is 0 Å². The Hall–Kier alpha value is 0.270. The third-order valence-corrected chi connectivity index (χ3v) is 5.06. The Morgan fingerprint density at radius 2 is 2.07 bits per heavy atom. The summed E-state index contributed by atoms with van der Waals surface area (Å²) in [5.74, 6) is 3.55. The summed E-state index contributed by atoms with van der Waals surface area (Å²) < 4.78 is 0. The van der Waals surface area contributed by atoms with Gasteiger partial charge < -0.3 is 5.73 Å². The minimum Gasteiger partial charge on any atom is -0.328 e. The Labute approximate surface area is 91.6 Å². The van der Waals surface area contributed by atoms with Gasteiger partial charge in [0.15, 0.2) is 0 Å². The Morgan fingerprint density at radius 1 is 1.29 bits per heavy atom. The lowest BCUT2D eigenvalue weighted by Crippen LogP contribution is -2.52. The van der Waals surface area contributed by atoms with Crippen LogP contribution in [0.4, 0.5) is 0 Å². The second-order valence-corrected chi connectivity index (χ2v) is 6.03. The molecule has 14 heavy (non-hydrogen) atoms. The smallest absolute Gasteiger partial charge is 0.0222 e. The van der Waals surface area contributed by atoms with Crippen LogP contribution in [0, 0.1) is 5.92 Å². The third kappa shape index (κ3) is 2.10. The maximum absolute atomic E-state index is 5.99. The molecule has 2 aliphatic rings. The number of piperidine rings is 1. The fraction of sp³-hybridized carbons (Fsp3) is 1.00. The number of thioether (sulfide) groups is 1. The molecule has 0 aromatic rings. The van der Waals surface area contributed by atoms with Gasteiger partial charge in [-0.2, -0.15) is 11.8 Å². The lowest BCUT2D eigenvalue weighted by atomic mass is 9.94. The van der Waals surface area contributed by atoms with Crippen molar-refractivity contribution in [2.75, 3.05) is 18.1 Å². The summed E-state index contributed by atoms with van der Waals surface area (Å²) >= 11 is 2.11. The van der Waals surface area contributed by atoms with Crippen molar-refractivity contribution in [1.29, 1.82) is 0 Å². The van der Waals surface area contributed by atoms with Gasteiger partial charge in [-0.3, -0.25) is 4.90 Å². The lowest BCUT2D eigenvalue weighted by Gasteiger charge is -2.41. The predicted molar refractivity (Wildman–Crippen MR) is 63.7 cm³/mol. The summed E-state index contributed by atoms with van der Waals surface area (Å²) in [4.78, 5) is 2.70. The van der Waals surface area contributed by atoms with E-state index in [4.69, 9.17) is 5.73 Å². The molecule has 0 amide bonds. The van der Waals surface area contributed by atoms with Crippen LogP contribution in [-0.4, -0.2) is 41.1 Å². The summed E-state index contributed by atoms with van der Waals surface area (Å²) in [7, 11) is 0.